The molecule has 0 aliphatic heterocycles. The highest BCUT2D eigenvalue weighted by Crippen LogP contribution is 2.20. The summed E-state index contributed by atoms with van der Waals surface area (Å²) >= 11 is 0.722. The number of sulfonamides is 2. The van der Waals surface area contributed by atoms with E-state index in [4.69, 9.17) is 4.74 Å². The number of hydrogen-bond acceptors (Lipinski definition) is 9. The molecule has 0 radical (unpaired) electrons. The number of ether oxygens (including phenoxy) is 1. The molecule has 2 aromatic rings. The molecule has 0 atom stereocenters. The molecule has 1 heterocycles. The Morgan fingerprint density at radius 1 is 1.14 bits per heavy atom. The molecular weight excluding hydrogens is 430 g/mol. The summed E-state index contributed by atoms with van der Waals surface area (Å²) in [7, 11) is -4.55. The van der Waals surface area contributed by atoms with E-state index in [1.807, 2.05) is 0 Å². The van der Waals surface area contributed by atoms with Gasteiger partial charge in [0, 0.05) is 27.6 Å². The average Bonchev–Trinajstić information content (AvgIpc) is 3.07. The second-order valence-corrected chi connectivity index (χ2v) is 10.6. The van der Waals surface area contributed by atoms with Crippen LogP contribution in [0.3, 0.4) is 0 Å². The summed E-state index contributed by atoms with van der Waals surface area (Å²) in [5.74, 6) is 0.00613. The Morgan fingerprint density at radius 3 is 2.36 bits per heavy atom. The van der Waals surface area contributed by atoms with E-state index in [1.54, 1.807) is 0 Å². The van der Waals surface area contributed by atoms with E-state index in [0.29, 0.717) is 5.75 Å². The van der Waals surface area contributed by atoms with Gasteiger partial charge in [-0.2, -0.15) is 0 Å². The summed E-state index contributed by atoms with van der Waals surface area (Å²) in [6.07, 6.45) is 0. The van der Waals surface area contributed by atoms with Crippen LogP contribution in [-0.4, -0.2) is 64.5 Å². The lowest BCUT2D eigenvalue weighted by atomic mass is 10.3. The Kier molecular flexibility index (Phi) is 7.06. The highest BCUT2D eigenvalue weighted by molar-refractivity contribution is 7.91. The highest BCUT2D eigenvalue weighted by Gasteiger charge is 2.20. The summed E-state index contributed by atoms with van der Waals surface area (Å²) in [6, 6.07) is 5.77. The second kappa shape index (κ2) is 8.91. The number of amides is 1. The zero-order chi connectivity index (χ0) is 20.9. The number of nitrogens with zero attached hydrogens (tertiary/aromatic N) is 3. The van der Waals surface area contributed by atoms with Gasteiger partial charge >= 0.3 is 0 Å². The van der Waals surface area contributed by atoms with Crippen molar-refractivity contribution in [3.05, 3.63) is 24.3 Å². The molecule has 2 N–H and O–H groups in total. The monoisotopic (exact) mass is 449 g/mol. The summed E-state index contributed by atoms with van der Waals surface area (Å²) < 4.78 is 56.7. The van der Waals surface area contributed by atoms with Gasteiger partial charge in [0.1, 0.15) is 12.4 Å². The van der Waals surface area contributed by atoms with E-state index in [1.165, 1.54) is 45.3 Å². The maximum Gasteiger partial charge on any atom is 0.269 e. The van der Waals surface area contributed by atoms with Crippen molar-refractivity contribution in [2.24, 2.45) is 0 Å². The van der Waals surface area contributed by atoms with Crippen LogP contribution in [0.2, 0.25) is 0 Å². The summed E-state index contributed by atoms with van der Waals surface area (Å²) in [6.45, 7) is 1.24. The molecule has 0 unspecified atom stereocenters. The van der Waals surface area contributed by atoms with Crippen molar-refractivity contribution in [3.8, 4) is 5.75 Å². The first-order chi connectivity index (χ1) is 13.0. The summed E-state index contributed by atoms with van der Waals surface area (Å²) in [5.41, 5.74) is 0. The molecule has 14 heteroatoms. The molecule has 11 nitrogen and oxygen atoms in total. The normalized spacial score (nSPS) is 12.1. The molecule has 154 valence electrons. The van der Waals surface area contributed by atoms with Gasteiger partial charge in [0.05, 0.1) is 4.90 Å². The van der Waals surface area contributed by atoms with Crippen molar-refractivity contribution in [2.75, 3.05) is 32.6 Å². The Bertz CT molecular complexity index is 1030. The first kappa shape index (κ1) is 22.2. The third-order valence-corrected chi connectivity index (χ3v) is 7.68. The van der Waals surface area contributed by atoms with Gasteiger partial charge < -0.3 is 10.1 Å². The lowest BCUT2D eigenvalue weighted by molar-refractivity contribution is -0.114. The first-order valence-corrected chi connectivity index (χ1v) is 11.5. The summed E-state index contributed by atoms with van der Waals surface area (Å²) in [4.78, 5) is 11.1. The van der Waals surface area contributed by atoms with Gasteiger partial charge in [-0.05, 0) is 24.3 Å². The number of hydrogen-bond donors (Lipinski definition) is 2. The van der Waals surface area contributed by atoms with Crippen LogP contribution in [0, 0.1) is 0 Å². The molecule has 1 amide bonds. The fraction of sp³-hybridized carbons (Fsp3) is 0.357. The molecule has 2 rings (SSSR count). The Hall–Kier alpha value is -2.13. The molecular formula is C14H19N5O6S3. The largest absolute Gasteiger partial charge is 0.492 e. The number of benzene rings is 1. The standard InChI is InChI=1S/C14H19N5O6S3/c1-10(20)16-13-17-18-14(26-13)27(21,22)15-8-9-25-11-4-6-12(7-5-11)28(23,24)19(2)3/h4-7,15H,8-9H2,1-3H3,(H,16,17,20). The number of rotatable bonds is 9. The Morgan fingerprint density at radius 2 is 1.79 bits per heavy atom. The van der Waals surface area contributed by atoms with Gasteiger partial charge in [-0.3, -0.25) is 4.79 Å². The molecule has 0 saturated heterocycles. The minimum atomic E-state index is -3.89. The van der Waals surface area contributed by atoms with E-state index in [-0.39, 0.29) is 33.4 Å². The minimum Gasteiger partial charge on any atom is -0.492 e. The topological polar surface area (TPSA) is 148 Å². The van der Waals surface area contributed by atoms with E-state index in [2.05, 4.69) is 20.2 Å². The minimum absolute atomic E-state index is 0.0103. The van der Waals surface area contributed by atoms with Crippen molar-refractivity contribution in [3.63, 3.8) is 0 Å². The molecule has 0 spiro atoms. The molecule has 0 aliphatic rings. The SMILES string of the molecule is CC(=O)Nc1nnc(S(=O)(=O)NCCOc2ccc(S(=O)(=O)N(C)C)cc2)s1. The van der Waals surface area contributed by atoms with E-state index in [9.17, 15) is 21.6 Å². The van der Waals surface area contributed by atoms with Crippen LogP contribution in [-0.2, 0) is 24.8 Å². The van der Waals surface area contributed by atoms with Crippen LogP contribution in [0.4, 0.5) is 5.13 Å². The Balaban J connectivity index is 1.88. The second-order valence-electron chi connectivity index (χ2n) is 5.56. The van der Waals surface area contributed by atoms with Crippen LogP contribution in [0.5, 0.6) is 5.75 Å². The van der Waals surface area contributed by atoms with Crippen molar-refractivity contribution in [1.29, 1.82) is 0 Å². The molecule has 0 saturated carbocycles. The maximum absolute atomic E-state index is 12.1. The third-order valence-electron chi connectivity index (χ3n) is 3.18. The lowest BCUT2D eigenvalue weighted by Gasteiger charge is -2.12. The fourth-order valence-electron chi connectivity index (χ4n) is 1.84. The molecule has 0 aliphatic carbocycles. The first-order valence-electron chi connectivity index (χ1n) is 7.78. The van der Waals surface area contributed by atoms with Gasteiger partial charge in [0.2, 0.25) is 25.4 Å². The van der Waals surface area contributed by atoms with E-state index in [0.717, 1.165) is 15.6 Å². The van der Waals surface area contributed by atoms with Gasteiger partial charge in [-0.15, -0.1) is 10.2 Å². The number of aromatic nitrogens is 2. The van der Waals surface area contributed by atoms with Gasteiger partial charge in [0.15, 0.2) is 0 Å². The molecule has 1 aromatic carbocycles. The third kappa shape index (κ3) is 5.68. The molecule has 1 aromatic heterocycles. The smallest absolute Gasteiger partial charge is 0.269 e. The Labute approximate surface area is 166 Å². The van der Waals surface area contributed by atoms with Gasteiger partial charge in [0.25, 0.3) is 10.0 Å². The van der Waals surface area contributed by atoms with E-state index >= 15 is 0 Å². The predicted molar refractivity (Wildman–Crippen MR) is 102 cm³/mol. The quantitative estimate of drug-likeness (QED) is 0.405. The van der Waals surface area contributed by atoms with Gasteiger partial charge in [-0.25, -0.2) is 25.9 Å². The number of carbonyl (C=O) groups excluding carboxylic acids is 1. The number of nitrogens with one attached hydrogen (secondary N) is 2. The fourth-order valence-corrected chi connectivity index (χ4v) is 4.75. The van der Waals surface area contributed by atoms with Crippen molar-refractivity contribution in [2.45, 2.75) is 16.2 Å². The van der Waals surface area contributed by atoms with E-state index < -0.39 is 20.0 Å². The van der Waals surface area contributed by atoms with Crippen LogP contribution >= 0.6 is 11.3 Å². The number of carbonyl (C=O) groups is 1. The molecule has 0 bridgehead atoms. The average molecular weight is 450 g/mol. The maximum atomic E-state index is 12.1. The van der Waals surface area contributed by atoms with Crippen LogP contribution < -0.4 is 14.8 Å². The predicted octanol–water partition coefficient (Wildman–Crippen LogP) is 0.104. The van der Waals surface area contributed by atoms with Gasteiger partial charge in [-0.1, -0.05) is 11.3 Å². The van der Waals surface area contributed by atoms with Crippen LogP contribution in [0.15, 0.2) is 33.5 Å². The van der Waals surface area contributed by atoms with Crippen LogP contribution in [0.1, 0.15) is 6.92 Å². The van der Waals surface area contributed by atoms with Crippen molar-refractivity contribution in [1.82, 2.24) is 19.2 Å². The summed E-state index contributed by atoms with van der Waals surface area (Å²) in [5, 5.41) is 9.53. The van der Waals surface area contributed by atoms with Crippen molar-refractivity contribution >= 4 is 42.4 Å². The number of anilines is 1. The van der Waals surface area contributed by atoms with Crippen molar-refractivity contribution < 1.29 is 26.4 Å². The molecule has 0 fully saturated rings. The van der Waals surface area contributed by atoms with Crippen LogP contribution in [0.25, 0.3) is 0 Å². The zero-order valence-electron chi connectivity index (χ0n) is 15.2. The zero-order valence-corrected chi connectivity index (χ0v) is 17.7. The highest BCUT2D eigenvalue weighted by atomic mass is 32.2. The molecule has 28 heavy (non-hydrogen) atoms. The lowest BCUT2D eigenvalue weighted by Crippen LogP contribution is -2.28.